The molecule has 0 saturated carbocycles. The van der Waals surface area contributed by atoms with Crippen molar-refractivity contribution < 1.29 is 22.9 Å². The van der Waals surface area contributed by atoms with Gasteiger partial charge in [-0.25, -0.2) is 0 Å². The van der Waals surface area contributed by atoms with Gasteiger partial charge in [-0.15, -0.1) is 0 Å². The lowest BCUT2D eigenvalue weighted by atomic mass is 10.1. The van der Waals surface area contributed by atoms with Gasteiger partial charge in [-0.2, -0.15) is 8.42 Å². The zero-order valence-electron chi connectivity index (χ0n) is 21.0. The van der Waals surface area contributed by atoms with Crippen molar-refractivity contribution in [2.24, 2.45) is 0 Å². The predicted octanol–water partition coefficient (Wildman–Crippen LogP) is 6.11. The van der Waals surface area contributed by atoms with Gasteiger partial charge in [0.25, 0.3) is 10.1 Å². The third-order valence-corrected chi connectivity index (χ3v) is 6.40. The van der Waals surface area contributed by atoms with E-state index in [9.17, 15) is 22.9 Å². The molecule has 0 radical (unpaired) electrons. The van der Waals surface area contributed by atoms with E-state index in [0.29, 0.717) is 0 Å². The number of aliphatic hydroxyl groups is 1. The van der Waals surface area contributed by atoms with Gasteiger partial charge in [0.1, 0.15) is 0 Å². The van der Waals surface area contributed by atoms with Crippen LogP contribution in [-0.2, 0) is 14.9 Å². The van der Waals surface area contributed by atoms with Crippen LogP contribution in [0.5, 0.6) is 0 Å². The van der Waals surface area contributed by atoms with E-state index in [0.717, 1.165) is 64.2 Å². The van der Waals surface area contributed by atoms with Gasteiger partial charge in [-0.05, 0) is 44.9 Å². The lowest BCUT2D eigenvalue weighted by molar-refractivity contribution is -0.122. The smallest absolute Gasteiger partial charge is 0.267 e. The molecule has 0 saturated heterocycles. The highest BCUT2D eigenvalue weighted by Crippen LogP contribution is 2.10. The maximum atomic E-state index is 12.2. The molecule has 1 amide bonds. The molecule has 0 rings (SSSR count). The molecular weight excluding hydrogens is 438 g/mol. The van der Waals surface area contributed by atoms with Gasteiger partial charge in [-0.1, -0.05) is 89.5 Å². The standard InChI is InChI=1S/C26H49NO5S/c1-3-5-7-9-10-11-12-13-14-15-16-18-20-22-26(29)27-24(23-33(30,31)32)25(28)21-19-17-8-6-4-2/h11-12,19,21,24-25,28H,3-10,13-18,20,22-23H2,1-2H3,(H,27,29)(H,30,31,32)/b12-11-,21-19+. The average Bonchev–Trinajstić information content (AvgIpc) is 2.75. The molecule has 0 aliphatic heterocycles. The molecule has 2 unspecified atom stereocenters. The van der Waals surface area contributed by atoms with E-state index < -0.39 is 28.0 Å². The molecule has 0 aromatic rings. The Morgan fingerprint density at radius 3 is 1.88 bits per heavy atom. The molecule has 0 aliphatic carbocycles. The second kappa shape index (κ2) is 21.4. The van der Waals surface area contributed by atoms with Crippen molar-refractivity contribution >= 4 is 16.0 Å². The van der Waals surface area contributed by atoms with E-state index in [1.165, 1.54) is 38.2 Å². The Hall–Kier alpha value is -1.18. The van der Waals surface area contributed by atoms with Gasteiger partial charge in [0.2, 0.25) is 5.91 Å². The van der Waals surface area contributed by atoms with Crippen molar-refractivity contribution in [3.05, 3.63) is 24.3 Å². The Labute approximate surface area is 203 Å². The fourth-order valence-electron chi connectivity index (χ4n) is 3.62. The van der Waals surface area contributed by atoms with Crippen LogP contribution in [-0.4, -0.2) is 41.9 Å². The summed E-state index contributed by atoms with van der Waals surface area (Å²) in [6.45, 7) is 4.33. The normalized spacial score (nSPS) is 14.2. The van der Waals surface area contributed by atoms with Crippen LogP contribution in [0, 0.1) is 0 Å². The molecule has 0 spiro atoms. The molecule has 194 valence electrons. The van der Waals surface area contributed by atoms with Crippen molar-refractivity contribution in [1.82, 2.24) is 5.32 Å². The maximum Gasteiger partial charge on any atom is 0.267 e. The molecule has 0 aliphatic rings. The van der Waals surface area contributed by atoms with E-state index in [2.05, 4.69) is 31.3 Å². The second-order valence-corrected chi connectivity index (χ2v) is 10.5. The third-order valence-electron chi connectivity index (χ3n) is 5.62. The van der Waals surface area contributed by atoms with Gasteiger partial charge < -0.3 is 10.4 Å². The van der Waals surface area contributed by atoms with Crippen LogP contribution in [0.4, 0.5) is 0 Å². The highest BCUT2D eigenvalue weighted by Gasteiger charge is 2.24. The average molecular weight is 488 g/mol. The van der Waals surface area contributed by atoms with Crippen LogP contribution in [0.2, 0.25) is 0 Å². The van der Waals surface area contributed by atoms with Crippen LogP contribution in [0.1, 0.15) is 117 Å². The summed E-state index contributed by atoms with van der Waals surface area (Å²) in [5.74, 6) is -1.00. The summed E-state index contributed by atoms with van der Waals surface area (Å²) in [5, 5.41) is 12.9. The third kappa shape index (κ3) is 22.4. The predicted molar refractivity (Wildman–Crippen MR) is 138 cm³/mol. The number of amides is 1. The number of hydrogen-bond donors (Lipinski definition) is 3. The minimum Gasteiger partial charge on any atom is -0.387 e. The number of aliphatic hydroxyl groups excluding tert-OH is 1. The monoisotopic (exact) mass is 487 g/mol. The Morgan fingerprint density at radius 2 is 1.27 bits per heavy atom. The first-order chi connectivity index (χ1) is 15.8. The summed E-state index contributed by atoms with van der Waals surface area (Å²) in [6, 6.07) is -1.05. The quantitative estimate of drug-likeness (QED) is 0.0970. The summed E-state index contributed by atoms with van der Waals surface area (Å²) in [6.07, 6.45) is 23.4. The van der Waals surface area contributed by atoms with Gasteiger partial charge in [-0.3, -0.25) is 9.35 Å². The number of carbonyl (C=O) groups is 1. The molecule has 7 heteroatoms. The molecule has 0 fully saturated rings. The fourth-order valence-corrected chi connectivity index (χ4v) is 4.35. The van der Waals surface area contributed by atoms with Crippen molar-refractivity contribution in [3.8, 4) is 0 Å². The van der Waals surface area contributed by atoms with E-state index in [1.807, 2.05) is 0 Å². The molecule has 3 N–H and O–H groups in total. The summed E-state index contributed by atoms with van der Waals surface area (Å²) in [7, 11) is -4.32. The number of hydrogen-bond acceptors (Lipinski definition) is 4. The van der Waals surface area contributed by atoms with Crippen LogP contribution in [0.15, 0.2) is 24.3 Å². The number of allylic oxidation sites excluding steroid dienone is 3. The van der Waals surface area contributed by atoms with Crippen LogP contribution >= 0.6 is 0 Å². The van der Waals surface area contributed by atoms with Crippen molar-refractivity contribution in [2.75, 3.05) is 5.75 Å². The van der Waals surface area contributed by atoms with E-state index in [4.69, 9.17) is 0 Å². The lowest BCUT2D eigenvalue weighted by Gasteiger charge is -2.21. The van der Waals surface area contributed by atoms with Crippen LogP contribution in [0.3, 0.4) is 0 Å². The highest BCUT2D eigenvalue weighted by molar-refractivity contribution is 7.85. The zero-order chi connectivity index (χ0) is 24.8. The van der Waals surface area contributed by atoms with E-state index >= 15 is 0 Å². The first-order valence-corrected chi connectivity index (χ1v) is 14.6. The SMILES string of the molecule is CCCCC/C=C/C(O)C(CS(=O)(=O)O)NC(=O)CCCCCCC/C=C\CCCCCC. The topological polar surface area (TPSA) is 104 Å². The molecular formula is C26H49NO5S. The van der Waals surface area contributed by atoms with Gasteiger partial charge in [0.15, 0.2) is 0 Å². The molecule has 6 nitrogen and oxygen atoms in total. The van der Waals surface area contributed by atoms with Gasteiger partial charge >= 0.3 is 0 Å². The number of nitrogens with one attached hydrogen (secondary N) is 1. The molecule has 0 aromatic heterocycles. The minimum atomic E-state index is -4.32. The number of rotatable bonds is 22. The summed E-state index contributed by atoms with van der Waals surface area (Å²) in [4.78, 5) is 12.2. The first kappa shape index (κ1) is 31.8. The largest absolute Gasteiger partial charge is 0.387 e. The highest BCUT2D eigenvalue weighted by atomic mass is 32.2. The zero-order valence-corrected chi connectivity index (χ0v) is 21.8. The van der Waals surface area contributed by atoms with Gasteiger partial charge in [0, 0.05) is 6.42 Å². The Balaban J connectivity index is 4.08. The molecule has 2 atom stereocenters. The van der Waals surface area contributed by atoms with E-state index in [1.54, 1.807) is 6.08 Å². The Kier molecular flexibility index (Phi) is 20.6. The Bertz CT molecular complexity index is 631. The molecule has 0 bridgehead atoms. The maximum absolute atomic E-state index is 12.2. The first-order valence-electron chi connectivity index (χ1n) is 13.0. The molecule has 33 heavy (non-hydrogen) atoms. The lowest BCUT2D eigenvalue weighted by Crippen LogP contribution is -2.46. The van der Waals surface area contributed by atoms with Crippen molar-refractivity contribution in [1.29, 1.82) is 0 Å². The van der Waals surface area contributed by atoms with Crippen LogP contribution < -0.4 is 5.32 Å². The summed E-state index contributed by atoms with van der Waals surface area (Å²) in [5.41, 5.74) is 0. The molecule has 0 heterocycles. The Morgan fingerprint density at radius 1 is 0.788 bits per heavy atom. The van der Waals surface area contributed by atoms with Crippen molar-refractivity contribution in [2.45, 2.75) is 129 Å². The van der Waals surface area contributed by atoms with E-state index in [-0.39, 0.29) is 12.3 Å². The summed E-state index contributed by atoms with van der Waals surface area (Å²) < 4.78 is 31.8. The molecule has 0 aromatic carbocycles. The minimum absolute atomic E-state index is 0.284. The summed E-state index contributed by atoms with van der Waals surface area (Å²) >= 11 is 0. The van der Waals surface area contributed by atoms with Crippen molar-refractivity contribution in [3.63, 3.8) is 0 Å². The van der Waals surface area contributed by atoms with Gasteiger partial charge in [0.05, 0.1) is 17.9 Å². The second-order valence-electron chi connectivity index (χ2n) is 8.96. The fraction of sp³-hybridized carbons (Fsp3) is 0.808. The number of unbranched alkanes of at least 4 members (excludes halogenated alkanes) is 12. The number of carbonyl (C=O) groups excluding carboxylic acids is 1. The van der Waals surface area contributed by atoms with Crippen LogP contribution in [0.25, 0.3) is 0 Å².